The van der Waals surface area contributed by atoms with Crippen LogP contribution >= 0.6 is 26.6 Å². The van der Waals surface area contributed by atoms with Gasteiger partial charge in [0.15, 0.2) is 0 Å². The van der Waals surface area contributed by atoms with Crippen LogP contribution < -0.4 is 5.32 Å². The van der Waals surface area contributed by atoms with Crippen LogP contribution in [0.4, 0.5) is 4.39 Å². The van der Waals surface area contributed by atoms with Crippen molar-refractivity contribution in [3.8, 4) is 0 Å². The van der Waals surface area contributed by atoms with Gasteiger partial charge in [0.05, 0.1) is 10.6 Å². The lowest BCUT2D eigenvalue weighted by Crippen LogP contribution is -2.32. The van der Waals surface area contributed by atoms with Crippen LogP contribution in [0.1, 0.15) is 24.2 Å². The molecule has 0 bridgehead atoms. The summed E-state index contributed by atoms with van der Waals surface area (Å²) in [5.41, 5.74) is -0.140. The summed E-state index contributed by atoms with van der Waals surface area (Å²) in [7, 11) is 1.03. The minimum Gasteiger partial charge on any atom is -0.377 e. The van der Waals surface area contributed by atoms with E-state index >= 15 is 0 Å². The lowest BCUT2D eigenvalue weighted by atomic mass is 10.2. The van der Waals surface area contributed by atoms with Gasteiger partial charge in [-0.1, -0.05) is 0 Å². The second kappa shape index (κ2) is 7.53. The molecule has 21 heavy (non-hydrogen) atoms. The molecule has 1 N–H and O–H groups in total. The van der Waals surface area contributed by atoms with Crippen molar-refractivity contribution >= 4 is 41.6 Å². The lowest BCUT2D eigenvalue weighted by molar-refractivity contribution is 0.0695. The largest absolute Gasteiger partial charge is 0.377 e. The van der Waals surface area contributed by atoms with Crippen molar-refractivity contribution in [2.24, 2.45) is 0 Å². The molecule has 9 heteroatoms. The van der Waals surface area contributed by atoms with Gasteiger partial charge in [0, 0.05) is 29.4 Å². The van der Waals surface area contributed by atoms with Crippen molar-refractivity contribution in [2.75, 3.05) is 13.2 Å². The molecule has 0 saturated carbocycles. The molecular formula is C12H14BrClFNO4S. The van der Waals surface area contributed by atoms with Crippen molar-refractivity contribution in [1.29, 1.82) is 0 Å². The van der Waals surface area contributed by atoms with Crippen molar-refractivity contribution in [3.05, 3.63) is 28.0 Å². The van der Waals surface area contributed by atoms with E-state index in [1.165, 1.54) is 0 Å². The Morgan fingerprint density at radius 2 is 2.14 bits per heavy atom. The molecule has 1 atom stereocenters. The molecule has 0 spiro atoms. The normalized spacial score (nSPS) is 13.0. The topological polar surface area (TPSA) is 72.5 Å². The highest BCUT2D eigenvalue weighted by atomic mass is 79.9. The van der Waals surface area contributed by atoms with Gasteiger partial charge in [0.25, 0.3) is 15.0 Å². The molecule has 1 aromatic rings. The van der Waals surface area contributed by atoms with Gasteiger partial charge in [-0.2, -0.15) is 0 Å². The monoisotopic (exact) mass is 401 g/mol. The number of carbonyl (C=O) groups is 1. The van der Waals surface area contributed by atoms with Gasteiger partial charge in [-0.15, -0.1) is 0 Å². The van der Waals surface area contributed by atoms with Crippen molar-refractivity contribution in [3.63, 3.8) is 0 Å². The maximum absolute atomic E-state index is 13.7. The zero-order chi connectivity index (χ0) is 16.2. The molecule has 1 amide bonds. The molecular weight excluding hydrogens is 389 g/mol. The molecule has 0 radical (unpaired) electrons. The Labute approximate surface area is 135 Å². The number of halogens is 3. The van der Waals surface area contributed by atoms with E-state index in [-0.39, 0.29) is 22.7 Å². The summed E-state index contributed by atoms with van der Waals surface area (Å²) < 4.78 is 41.3. The number of hydrogen-bond donors (Lipinski definition) is 1. The zero-order valence-corrected chi connectivity index (χ0v) is 14.5. The summed E-state index contributed by atoms with van der Waals surface area (Å²) >= 11 is 2.79. The standard InChI is InChI=1S/C12H14BrClFNO4S/c1-3-20-7(2)6-16-12(17)8-4-9(15)11(13)10(5-8)21(14,18)19/h4-5,7H,3,6H2,1-2H3,(H,16,17). The summed E-state index contributed by atoms with van der Waals surface area (Å²) in [6.07, 6.45) is -0.213. The van der Waals surface area contributed by atoms with E-state index < -0.39 is 25.7 Å². The molecule has 0 saturated heterocycles. The SMILES string of the molecule is CCOC(C)CNC(=O)c1cc(F)c(Br)c(S(=O)(=O)Cl)c1. The zero-order valence-electron chi connectivity index (χ0n) is 11.3. The molecule has 118 valence electrons. The first kappa shape index (κ1) is 18.3. The van der Waals surface area contributed by atoms with Crippen LogP contribution in [-0.2, 0) is 13.8 Å². The first-order valence-corrected chi connectivity index (χ1v) is 9.10. The molecule has 5 nitrogen and oxygen atoms in total. The van der Waals surface area contributed by atoms with Crippen molar-refractivity contribution < 1.29 is 22.3 Å². The third-order valence-electron chi connectivity index (χ3n) is 2.52. The highest BCUT2D eigenvalue weighted by molar-refractivity contribution is 9.10. The van der Waals surface area contributed by atoms with E-state index in [1.54, 1.807) is 6.92 Å². The fraction of sp³-hybridized carbons (Fsp3) is 0.417. The number of rotatable bonds is 6. The molecule has 0 aliphatic rings. The van der Waals surface area contributed by atoms with Gasteiger partial charge in [0.2, 0.25) is 0 Å². The van der Waals surface area contributed by atoms with Crippen LogP contribution in [0.5, 0.6) is 0 Å². The highest BCUT2D eigenvalue weighted by Crippen LogP contribution is 2.29. The number of nitrogens with one attached hydrogen (secondary N) is 1. The van der Waals surface area contributed by atoms with E-state index in [1.807, 2.05) is 6.92 Å². The number of ether oxygens (including phenoxy) is 1. The summed E-state index contributed by atoms with van der Waals surface area (Å²) in [6.45, 7) is 4.30. The second-order valence-corrected chi connectivity index (χ2v) is 7.51. The summed E-state index contributed by atoms with van der Waals surface area (Å²) in [5.74, 6) is -1.51. The Morgan fingerprint density at radius 3 is 2.67 bits per heavy atom. The maximum Gasteiger partial charge on any atom is 0.262 e. The number of carbonyl (C=O) groups excluding carboxylic acids is 1. The van der Waals surface area contributed by atoms with Crippen LogP contribution in [0.3, 0.4) is 0 Å². The predicted octanol–water partition coefficient (Wildman–Crippen LogP) is 2.67. The van der Waals surface area contributed by atoms with Gasteiger partial charge >= 0.3 is 0 Å². The number of amides is 1. The average Bonchev–Trinajstić information content (AvgIpc) is 2.38. The number of benzene rings is 1. The molecule has 0 heterocycles. The van der Waals surface area contributed by atoms with Gasteiger partial charge in [0.1, 0.15) is 10.7 Å². The van der Waals surface area contributed by atoms with E-state index in [4.69, 9.17) is 15.4 Å². The molecule has 0 aliphatic carbocycles. The molecule has 0 fully saturated rings. The van der Waals surface area contributed by atoms with E-state index in [2.05, 4.69) is 21.2 Å². The predicted molar refractivity (Wildman–Crippen MR) is 80.6 cm³/mol. The summed E-state index contributed by atoms with van der Waals surface area (Å²) in [4.78, 5) is 11.4. The first-order chi connectivity index (χ1) is 9.66. The van der Waals surface area contributed by atoms with Crippen LogP contribution in [0.2, 0.25) is 0 Å². The Hall–Kier alpha value is -0.700. The maximum atomic E-state index is 13.7. The fourth-order valence-corrected chi connectivity index (χ4v) is 3.65. The molecule has 1 unspecified atom stereocenters. The van der Waals surface area contributed by atoms with Crippen LogP contribution in [0, 0.1) is 5.82 Å². The third-order valence-corrected chi connectivity index (χ3v) is 4.94. The van der Waals surface area contributed by atoms with E-state index in [0.29, 0.717) is 6.61 Å². The number of hydrogen-bond acceptors (Lipinski definition) is 4. The van der Waals surface area contributed by atoms with E-state index in [9.17, 15) is 17.6 Å². The Bertz CT molecular complexity index is 638. The fourth-order valence-electron chi connectivity index (χ4n) is 1.55. The van der Waals surface area contributed by atoms with Gasteiger partial charge in [-0.05, 0) is 41.9 Å². The smallest absolute Gasteiger partial charge is 0.262 e. The second-order valence-electron chi connectivity index (χ2n) is 4.18. The molecule has 0 aromatic heterocycles. The molecule has 1 rings (SSSR count). The lowest BCUT2D eigenvalue weighted by Gasteiger charge is -2.13. The summed E-state index contributed by atoms with van der Waals surface area (Å²) in [6, 6.07) is 1.94. The summed E-state index contributed by atoms with van der Waals surface area (Å²) in [5, 5.41) is 2.53. The highest BCUT2D eigenvalue weighted by Gasteiger charge is 2.21. The van der Waals surface area contributed by atoms with E-state index in [0.717, 1.165) is 12.1 Å². The molecule has 1 aromatic carbocycles. The minimum absolute atomic E-state index is 0.140. The van der Waals surface area contributed by atoms with Crippen LogP contribution in [0.15, 0.2) is 21.5 Å². The van der Waals surface area contributed by atoms with Crippen LogP contribution in [0.25, 0.3) is 0 Å². The quantitative estimate of drug-likeness (QED) is 0.743. The first-order valence-electron chi connectivity index (χ1n) is 6.00. The van der Waals surface area contributed by atoms with Crippen molar-refractivity contribution in [1.82, 2.24) is 5.32 Å². The van der Waals surface area contributed by atoms with Crippen LogP contribution in [-0.4, -0.2) is 33.6 Å². The Kier molecular flexibility index (Phi) is 6.58. The third kappa shape index (κ3) is 5.21. The van der Waals surface area contributed by atoms with Gasteiger partial charge < -0.3 is 10.1 Å². The van der Waals surface area contributed by atoms with Crippen molar-refractivity contribution in [2.45, 2.75) is 24.8 Å². The average molecular weight is 403 g/mol. The Morgan fingerprint density at radius 1 is 1.52 bits per heavy atom. The van der Waals surface area contributed by atoms with Gasteiger partial charge in [-0.25, -0.2) is 12.8 Å². The van der Waals surface area contributed by atoms with Gasteiger partial charge in [-0.3, -0.25) is 4.79 Å². The Balaban J connectivity index is 2.99. The minimum atomic E-state index is -4.17. The molecule has 0 aliphatic heterocycles.